The Morgan fingerprint density at radius 3 is 2.19 bits per heavy atom. The van der Waals surface area contributed by atoms with Crippen molar-refractivity contribution in [3.63, 3.8) is 0 Å². The van der Waals surface area contributed by atoms with Gasteiger partial charge in [0.05, 0.1) is 5.92 Å². The zero-order valence-electron chi connectivity index (χ0n) is 18.1. The fourth-order valence-electron chi connectivity index (χ4n) is 2.89. The number of nitrogens with one attached hydrogen (secondary N) is 1. The molecule has 0 radical (unpaired) electrons. The average Bonchev–Trinajstić information content (AvgIpc) is 2.60. The zero-order chi connectivity index (χ0) is 21.0. The predicted molar refractivity (Wildman–Crippen MR) is 108 cm³/mol. The van der Waals surface area contributed by atoms with E-state index < -0.39 is 11.4 Å². The van der Waals surface area contributed by atoms with Gasteiger partial charge in [-0.3, -0.25) is 14.4 Å². The highest BCUT2D eigenvalue weighted by molar-refractivity contribution is 5.84. The molecule has 1 atom stereocenters. The second-order valence-electron chi connectivity index (χ2n) is 8.27. The van der Waals surface area contributed by atoms with Crippen molar-refractivity contribution < 1.29 is 19.5 Å². The van der Waals surface area contributed by atoms with Gasteiger partial charge in [0.2, 0.25) is 11.8 Å². The first kappa shape index (κ1) is 25.4. The van der Waals surface area contributed by atoms with Gasteiger partial charge in [0.1, 0.15) is 0 Å². The second kappa shape index (κ2) is 12.7. The zero-order valence-corrected chi connectivity index (χ0v) is 18.1. The normalized spacial score (nSPS) is 12.7. The summed E-state index contributed by atoms with van der Waals surface area (Å²) in [7, 11) is 0. The highest BCUT2D eigenvalue weighted by Crippen LogP contribution is 2.25. The molecule has 0 aliphatic carbocycles. The lowest BCUT2D eigenvalue weighted by molar-refractivity contribution is -0.144. The van der Waals surface area contributed by atoms with Gasteiger partial charge in [0.25, 0.3) is 0 Å². The van der Waals surface area contributed by atoms with Gasteiger partial charge in [-0.25, -0.2) is 0 Å². The Hall–Kier alpha value is -1.59. The van der Waals surface area contributed by atoms with Crippen molar-refractivity contribution in [1.29, 1.82) is 0 Å². The molecule has 0 spiro atoms. The molecule has 1 unspecified atom stereocenters. The maximum atomic E-state index is 12.9. The van der Waals surface area contributed by atoms with Gasteiger partial charge < -0.3 is 15.3 Å². The van der Waals surface area contributed by atoms with E-state index in [9.17, 15) is 14.4 Å². The Bertz CT molecular complexity index is 475. The van der Waals surface area contributed by atoms with Crippen molar-refractivity contribution in [3.05, 3.63) is 0 Å². The van der Waals surface area contributed by atoms with Gasteiger partial charge >= 0.3 is 5.97 Å². The van der Waals surface area contributed by atoms with E-state index in [0.29, 0.717) is 19.5 Å². The molecule has 0 heterocycles. The molecule has 0 saturated carbocycles. The SMILES string of the molecule is CCCC(CN(C(=O)C(C)(C)CC)C(C)C)C(=O)NCCCCCC(=O)O. The molecule has 2 N–H and O–H groups in total. The molecular weight excluding hydrogens is 344 g/mol. The number of amides is 2. The minimum atomic E-state index is -0.782. The van der Waals surface area contributed by atoms with Gasteiger partial charge in [-0.1, -0.05) is 40.5 Å². The third kappa shape index (κ3) is 9.78. The first-order chi connectivity index (χ1) is 12.6. The molecule has 6 nitrogen and oxygen atoms in total. The van der Waals surface area contributed by atoms with Crippen LogP contribution in [0.1, 0.15) is 86.5 Å². The lowest BCUT2D eigenvalue weighted by Gasteiger charge is -2.36. The molecule has 27 heavy (non-hydrogen) atoms. The van der Waals surface area contributed by atoms with Crippen LogP contribution in [0.4, 0.5) is 0 Å². The number of hydrogen-bond acceptors (Lipinski definition) is 3. The summed E-state index contributed by atoms with van der Waals surface area (Å²) in [5.41, 5.74) is -0.429. The fourth-order valence-corrected chi connectivity index (χ4v) is 2.89. The molecule has 2 amide bonds. The molecule has 0 aromatic heterocycles. The van der Waals surface area contributed by atoms with E-state index in [4.69, 9.17) is 5.11 Å². The van der Waals surface area contributed by atoms with Crippen LogP contribution in [0, 0.1) is 11.3 Å². The van der Waals surface area contributed by atoms with Crippen LogP contribution in [0.25, 0.3) is 0 Å². The summed E-state index contributed by atoms with van der Waals surface area (Å²) in [5, 5.41) is 11.6. The van der Waals surface area contributed by atoms with Crippen molar-refractivity contribution in [2.75, 3.05) is 13.1 Å². The number of nitrogens with zero attached hydrogens (tertiary/aromatic N) is 1. The number of unbranched alkanes of at least 4 members (excludes halogenated alkanes) is 2. The van der Waals surface area contributed by atoms with Crippen LogP contribution in [-0.4, -0.2) is 46.9 Å². The Morgan fingerprint density at radius 2 is 1.70 bits per heavy atom. The largest absolute Gasteiger partial charge is 0.481 e. The summed E-state index contributed by atoms with van der Waals surface area (Å²) >= 11 is 0. The van der Waals surface area contributed by atoms with Gasteiger partial charge in [-0.2, -0.15) is 0 Å². The van der Waals surface area contributed by atoms with Gasteiger partial charge in [-0.15, -0.1) is 0 Å². The summed E-state index contributed by atoms with van der Waals surface area (Å²) in [4.78, 5) is 37.9. The van der Waals surface area contributed by atoms with Crippen LogP contribution >= 0.6 is 0 Å². The van der Waals surface area contributed by atoms with Crippen LogP contribution in [0.3, 0.4) is 0 Å². The van der Waals surface area contributed by atoms with Crippen LogP contribution in [0.2, 0.25) is 0 Å². The van der Waals surface area contributed by atoms with E-state index in [1.165, 1.54) is 0 Å². The summed E-state index contributed by atoms with van der Waals surface area (Å²) in [5.74, 6) is -0.908. The Labute approximate surface area is 165 Å². The first-order valence-electron chi connectivity index (χ1n) is 10.4. The molecule has 0 aliphatic rings. The number of hydrogen-bond donors (Lipinski definition) is 2. The van der Waals surface area contributed by atoms with Crippen LogP contribution < -0.4 is 5.32 Å². The molecular formula is C21H40N2O4. The second-order valence-corrected chi connectivity index (χ2v) is 8.27. The molecule has 0 aliphatic heterocycles. The third-order valence-electron chi connectivity index (χ3n) is 5.14. The first-order valence-corrected chi connectivity index (χ1v) is 10.4. The molecule has 0 bridgehead atoms. The van der Waals surface area contributed by atoms with Crippen LogP contribution in [-0.2, 0) is 14.4 Å². The van der Waals surface area contributed by atoms with Crippen LogP contribution in [0.5, 0.6) is 0 Å². The number of rotatable bonds is 14. The third-order valence-corrected chi connectivity index (χ3v) is 5.14. The Kier molecular flexibility index (Phi) is 12.0. The van der Waals surface area contributed by atoms with Gasteiger partial charge in [0.15, 0.2) is 0 Å². The fraction of sp³-hybridized carbons (Fsp3) is 0.857. The van der Waals surface area contributed by atoms with E-state index in [0.717, 1.165) is 32.1 Å². The summed E-state index contributed by atoms with van der Waals surface area (Å²) < 4.78 is 0. The number of carbonyl (C=O) groups excluding carboxylic acids is 2. The van der Waals surface area contributed by atoms with Crippen molar-refractivity contribution in [1.82, 2.24) is 10.2 Å². The van der Waals surface area contributed by atoms with E-state index in [1.807, 2.05) is 46.4 Å². The molecule has 158 valence electrons. The monoisotopic (exact) mass is 384 g/mol. The smallest absolute Gasteiger partial charge is 0.303 e. The number of aliphatic carboxylic acids is 1. The summed E-state index contributed by atoms with van der Waals surface area (Å²) in [6, 6.07) is 0.0477. The average molecular weight is 385 g/mol. The number of carbonyl (C=O) groups is 3. The summed E-state index contributed by atoms with van der Waals surface area (Å²) in [6.45, 7) is 12.9. The molecule has 0 saturated heterocycles. The number of carboxylic acids is 1. The highest BCUT2D eigenvalue weighted by Gasteiger charge is 2.34. The van der Waals surface area contributed by atoms with E-state index in [2.05, 4.69) is 5.32 Å². The Balaban J connectivity index is 4.75. The molecule has 0 aromatic rings. The summed E-state index contributed by atoms with van der Waals surface area (Å²) in [6.07, 6.45) is 4.74. The van der Waals surface area contributed by atoms with Gasteiger partial charge in [-0.05, 0) is 39.5 Å². The lowest BCUT2D eigenvalue weighted by atomic mass is 9.87. The van der Waals surface area contributed by atoms with Crippen LogP contribution in [0.15, 0.2) is 0 Å². The molecule has 0 aromatic carbocycles. The van der Waals surface area contributed by atoms with Crippen molar-refractivity contribution in [2.24, 2.45) is 11.3 Å². The molecule has 0 fully saturated rings. The van der Waals surface area contributed by atoms with Crippen molar-refractivity contribution in [3.8, 4) is 0 Å². The minimum Gasteiger partial charge on any atom is -0.481 e. The van der Waals surface area contributed by atoms with Crippen molar-refractivity contribution >= 4 is 17.8 Å². The highest BCUT2D eigenvalue weighted by atomic mass is 16.4. The topological polar surface area (TPSA) is 86.7 Å². The van der Waals surface area contributed by atoms with Gasteiger partial charge in [0, 0.05) is 31.0 Å². The predicted octanol–water partition coefficient (Wildman–Crippen LogP) is 3.84. The van der Waals surface area contributed by atoms with E-state index in [1.54, 1.807) is 0 Å². The van der Waals surface area contributed by atoms with E-state index in [-0.39, 0.29) is 30.2 Å². The standard InChI is InChI=1S/C21H40N2O4/c1-7-12-17(19(26)22-14-11-9-10-13-18(24)25)15-23(16(3)4)20(27)21(5,6)8-2/h16-17H,7-15H2,1-6H3,(H,22,26)(H,24,25). The van der Waals surface area contributed by atoms with Crippen molar-refractivity contribution in [2.45, 2.75) is 92.5 Å². The minimum absolute atomic E-state index is 0.0113. The maximum absolute atomic E-state index is 12.9. The maximum Gasteiger partial charge on any atom is 0.303 e. The Morgan fingerprint density at radius 1 is 1.07 bits per heavy atom. The quantitative estimate of drug-likeness (QED) is 0.446. The number of carboxylic acid groups (broad SMARTS) is 1. The molecule has 0 rings (SSSR count). The lowest BCUT2D eigenvalue weighted by Crippen LogP contribution is -2.49. The van der Waals surface area contributed by atoms with E-state index >= 15 is 0 Å². The molecule has 6 heteroatoms.